The molecule has 30 heavy (non-hydrogen) atoms. The van der Waals surface area contributed by atoms with Crippen LogP contribution in [0.2, 0.25) is 0 Å². The number of allylic oxidation sites excluding steroid dienone is 1. The minimum Gasteiger partial charge on any atom is -0.490 e. The predicted octanol–water partition coefficient (Wildman–Crippen LogP) is 5.03. The van der Waals surface area contributed by atoms with Gasteiger partial charge in [-0.1, -0.05) is 28.1 Å². The molecule has 0 spiro atoms. The first-order valence-electron chi connectivity index (χ1n) is 9.72. The Balaban J connectivity index is 1.79. The number of fused-ring (bicyclic) bond motifs is 1. The predicted molar refractivity (Wildman–Crippen MR) is 119 cm³/mol. The van der Waals surface area contributed by atoms with E-state index in [2.05, 4.69) is 26.0 Å². The van der Waals surface area contributed by atoms with Crippen molar-refractivity contribution >= 4 is 33.5 Å². The summed E-state index contributed by atoms with van der Waals surface area (Å²) < 4.78 is 14.3. The largest absolute Gasteiger partial charge is 0.490 e. The third-order valence-electron chi connectivity index (χ3n) is 4.76. The van der Waals surface area contributed by atoms with E-state index in [-0.39, 0.29) is 11.4 Å². The number of rotatable bonds is 6. The molecule has 154 valence electrons. The first-order valence-corrected chi connectivity index (χ1v) is 10.5. The Labute approximate surface area is 183 Å². The van der Waals surface area contributed by atoms with Crippen LogP contribution in [0.15, 0.2) is 53.5 Å². The number of halogens is 1. The van der Waals surface area contributed by atoms with Crippen molar-refractivity contribution in [2.45, 2.75) is 32.8 Å². The van der Waals surface area contributed by atoms with Crippen molar-refractivity contribution < 1.29 is 14.3 Å². The lowest BCUT2D eigenvalue weighted by molar-refractivity contribution is 0.105. The molecule has 2 heterocycles. The van der Waals surface area contributed by atoms with Gasteiger partial charge in [0.1, 0.15) is 24.0 Å². The average Bonchev–Trinajstić information content (AvgIpc) is 3.34. The molecule has 1 aliphatic heterocycles. The van der Waals surface area contributed by atoms with Crippen molar-refractivity contribution in [1.82, 2.24) is 14.8 Å². The van der Waals surface area contributed by atoms with E-state index in [9.17, 15) is 4.79 Å². The number of hydrogen-bond donors (Lipinski definition) is 0. The van der Waals surface area contributed by atoms with Crippen molar-refractivity contribution in [3.8, 4) is 11.5 Å². The molecular formula is C23H22BrN3O3. The van der Waals surface area contributed by atoms with E-state index in [0.29, 0.717) is 30.0 Å². The number of ketones is 1. The Morgan fingerprint density at radius 1 is 1.30 bits per heavy atom. The van der Waals surface area contributed by atoms with Gasteiger partial charge in [-0.3, -0.25) is 4.79 Å². The van der Waals surface area contributed by atoms with Crippen LogP contribution in [0, 0.1) is 0 Å². The minimum atomic E-state index is -0.335. The zero-order valence-electron chi connectivity index (χ0n) is 17.1. The first kappa shape index (κ1) is 20.3. The van der Waals surface area contributed by atoms with Crippen molar-refractivity contribution in [3.63, 3.8) is 0 Å². The molecule has 0 amide bonds. The molecule has 6 nitrogen and oxygen atoms in total. The number of ether oxygens (including phenoxy) is 2. The molecule has 7 heteroatoms. The second-order valence-corrected chi connectivity index (χ2v) is 8.60. The molecule has 1 aromatic heterocycles. The van der Waals surface area contributed by atoms with Gasteiger partial charge in [-0.25, -0.2) is 9.67 Å². The zero-order chi connectivity index (χ0) is 21.3. The van der Waals surface area contributed by atoms with Gasteiger partial charge in [0, 0.05) is 22.0 Å². The van der Waals surface area contributed by atoms with Gasteiger partial charge in [-0.15, -0.1) is 0 Å². The molecule has 0 unspecified atom stereocenters. The quantitative estimate of drug-likeness (QED) is 0.375. The van der Waals surface area contributed by atoms with Gasteiger partial charge >= 0.3 is 0 Å². The molecule has 0 atom stereocenters. The number of nitrogens with zero attached hydrogens (tertiary/aromatic N) is 3. The van der Waals surface area contributed by atoms with Gasteiger partial charge in [0.05, 0.1) is 6.61 Å². The first-order chi connectivity index (χ1) is 14.4. The summed E-state index contributed by atoms with van der Waals surface area (Å²) >= 11 is 3.44. The number of benzene rings is 2. The lowest BCUT2D eigenvalue weighted by atomic mass is 9.97. The summed E-state index contributed by atoms with van der Waals surface area (Å²) in [6.45, 7) is 6.45. The maximum Gasteiger partial charge on any atom is 0.211 e. The molecule has 0 fully saturated rings. The van der Waals surface area contributed by atoms with Crippen LogP contribution in [-0.2, 0) is 6.42 Å². The molecular weight excluding hydrogens is 446 g/mol. The van der Waals surface area contributed by atoms with E-state index in [4.69, 9.17) is 9.47 Å². The molecule has 0 aliphatic carbocycles. The Kier molecular flexibility index (Phi) is 5.47. The van der Waals surface area contributed by atoms with Crippen LogP contribution in [0.4, 0.5) is 0 Å². The Morgan fingerprint density at radius 3 is 2.73 bits per heavy atom. The van der Waals surface area contributed by atoms with Gasteiger partial charge in [-0.05, 0) is 56.7 Å². The molecule has 0 saturated carbocycles. The van der Waals surface area contributed by atoms with E-state index in [0.717, 1.165) is 21.3 Å². The maximum absolute atomic E-state index is 13.6. The average molecular weight is 468 g/mol. The van der Waals surface area contributed by atoms with Crippen molar-refractivity contribution in [2.75, 3.05) is 6.61 Å². The summed E-state index contributed by atoms with van der Waals surface area (Å²) in [6.07, 6.45) is 5.44. The second kappa shape index (κ2) is 8.07. The molecule has 2 aromatic carbocycles. The summed E-state index contributed by atoms with van der Waals surface area (Å²) in [5.74, 6) is 1.14. The summed E-state index contributed by atoms with van der Waals surface area (Å²) in [6, 6.07) is 11.4. The van der Waals surface area contributed by atoms with E-state index in [1.165, 1.54) is 17.3 Å². The fourth-order valence-electron chi connectivity index (χ4n) is 3.51. The highest BCUT2D eigenvalue weighted by Crippen LogP contribution is 2.43. The SMILES string of the molecule is CCOc1cc(C(=O)C(=Cc2ccc(Br)cc2)n2cncn2)cc2c1OC(C)(C)C2. The molecule has 0 bridgehead atoms. The molecule has 0 radical (unpaired) electrons. The van der Waals surface area contributed by atoms with Gasteiger partial charge < -0.3 is 9.47 Å². The number of Topliss-reactive ketones (excluding diaryl/α,β-unsaturated/α-hetero) is 1. The van der Waals surface area contributed by atoms with Crippen LogP contribution in [0.5, 0.6) is 11.5 Å². The highest BCUT2D eigenvalue weighted by molar-refractivity contribution is 9.10. The van der Waals surface area contributed by atoms with Crippen LogP contribution >= 0.6 is 15.9 Å². The fourth-order valence-corrected chi connectivity index (χ4v) is 3.77. The molecule has 1 aliphatic rings. The number of carbonyl (C=O) groups is 1. The lowest BCUT2D eigenvalue weighted by Crippen LogP contribution is -2.24. The number of aromatic nitrogens is 3. The lowest BCUT2D eigenvalue weighted by Gasteiger charge is -2.18. The second-order valence-electron chi connectivity index (χ2n) is 7.68. The van der Waals surface area contributed by atoms with E-state index >= 15 is 0 Å². The van der Waals surface area contributed by atoms with Crippen molar-refractivity contribution in [1.29, 1.82) is 0 Å². The zero-order valence-corrected chi connectivity index (χ0v) is 18.6. The topological polar surface area (TPSA) is 66.2 Å². The van der Waals surface area contributed by atoms with Crippen LogP contribution in [0.1, 0.15) is 42.3 Å². The number of hydrogen-bond acceptors (Lipinski definition) is 5. The van der Waals surface area contributed by atoms with Gasteiger partial charge in [-0.2, -0.15) is 5.10 Å². The Bertz CT molecular complexity index is 1100. The molecule has 0 N–H and O–H groups in total. The van der Waals surface area contributed by atoms with Gasteiger partial charge in [0.15, 0.2) is 11.5 Å². The summed E-state index contributed by atoms with van der Waals surface area (Å²) in [5.41, 5.74) is 2.44. The summed E-state index contributed by atoms with van der Waals surface area (Å²) in [5, 5.41) is 4.18. The maximum atomic E-state index is 13.6. The fraction of sp³-hybridized carbons (Fsp3) is 0.261. The van der Waals surface area contributed by atoms with Gasteiger partial charge in [0.2, 0.25) is 5.78 Å². The third-order valence-corrected chi connectivity index (χ3v) is 5.29. The van der Waals surface area contributed by atoms with Crippen LogP contribution in [-0.4, -0.2) is 32.8 Å². The van der Waals surface area contributed by atoms with E-state index in [1.54, 1.807) is 12.1 Å². The molecule has 4 rings (SSSR count). The molecule has 0 saturated heterocycles. The van der Waals surface area contributed by atoms with Crippen LogP contribution in [0.25, 0.3) is 11.8 Å². The smallest absolute Gasteiger partial charge is 0.211 e. The highest BCUT2D eigenvalue weighted by atomic mass is 79.9. The molecule has 3 aromatic rings. The standard InChI is InChI=1S/C23H22BrN3O3/c1-4-29-20-11-16(10-17-12-23(2,3)30-22(17)20)21(28)19(27-14-25-13-26-27)9-15-5-7-18(24)8-6-15/h5-11,13-14H,4,12H2,1-3H3. The van der Waals surface area contributed by atoms with Crippen molar-refractivity contribution in [3.05, 3.63) is 70.2 Å². The van der Waals surface area contributed by atoms with Crippen molar-refractivity contribution in [2.24, 2.45) is 0 Å². The minimum absolute atomic E-state index is 0.170. The third kappa shape index (κ3) is 4.16. The van der Waals surface area contributed by atoms with Gasteiger partial charge in [0.25, 0.3) is 0 Å². The Hall–Kier alpha value is -2.93. The van der Waals surface area contributed by atoms with Crippen LogP contribution < -0.4 is 9.47 Å². The summed E-state index contributed by atoms with van der Waals surface area (Å²) in [4.78, 5) is 17.6. The highest BCUT2D eigenvalue weighted by Gasteiger charge is 2.34. The Morgan fingerprint density at radius 2 is 2.07 bits per heavy atom. The summed E-state index contributed by atoms with van der Waals surface area (Å²) in [7, 11) is 0. The normalized spacial score (nSPS) is 14.9. The number of carbonyl (C=O) groups excluding carboxylic acids is 1. The monoisotopic (exact) mass is 467 g/mol. The van der Waals surface area contributed by atoms with E-state index < -0.39 is 0 Å². The van der Waals surface area contributed by atoms with E-state index in [1.807, 2.05) is 51.1 Å². The van der Waals surface area contributed by atoms with Crippen LogP contribution in [0.3, 0.4) is 0 Å².